The van der Waals surface area contributed by atoms with E-state index in [1.165, 1.54) is 43.7 Å². The summed E-state index contributed by atoms with van der Waals surface area (Å²) in [5, 5.41) is 5.32. The van der Waals surface area contributed by atoms with Gasteiger partial charge in [0, 0.05) is 12.6 Å². The first-order valence-electron chi connectivity index (χ1n) is 7.65. The first-order valence-corrected chi connectivity index (χ1v) is 8.53. The van der Waals surface area contributed by atoms with Crippen LogP contribution in [0.15, 0.2) is 16.2 Å². The van der Waals surface area contributed by atoms with Gasteiger partial charge in [-0.2, -0.15) is 0 Å². The third-order valence-electron chi connectivity index (χ3n) is 4.11. The van der Waals surface area contributed by atoms with Crippen molar-refractivity contribution >= 4 is 21.6 Å². The zero-order valence-electron chi connectivity index (χ0n) is 12.4. The second-order valence-electron chi connectivity index (χ2n) is 5.72. The molecule has 0 aliphatic carbocycles. The van der Waals surface area contributed by atoms with E-state index in [9.17, 15) is 4.79 Å². The average Bonchev–Trinajstić information content (AvgIpc) is 2.97. The van der Waals surface area contributed by atoms with E-state index in [0.29, 0.717) is 17.3 Å². The molecule has 0 amide bonds. The highest BCUT2D eigenvalue weighted by atomic mass is 32.1. The van der Waals surface area contributed by atoms with Crippen molar-refractivity contribution < 1.29 is 0 Å². The van der Waals surface area contributed by atoms with Crippen molar-refractivity contribution in [1.29, 1.82) is 0 Å². The number of H-pyrrole nitrogens is 1. The predicted molar refractivity (Wildman–Crippen MR) is 86.8 cm³/mol. The van der Waals surface area contributed by atoms with Gasteiger partial charge in [-0.15, -0.1) is 11.3 Å². The van der Waals surface area contributed by atoms with Gasteiger partial charge in [-0.1, -0.05) is 6.42 Å². The number of aromatic amines is 1. The summed E-state index contributed by atoms with van der Waals surface area (Å²) in [6, 6.07) is 2.43. The molecule has 1 fully saturated rings. The minimum absolute atomic E-state index is 0.0316. The van der Waals surface area contributed by atoms with Gasteiger partial charge >= 0.3 is 0 Å². The highest BCUT2D eigenvalue weighted by Gasteiger charge is 2.16. The molecular formula is C15H22N4OS. The van der Waals surface area contributed by atoms with Crippen LogP contribution in [0.1, 0.15) is 32.0 Å². The third kappa shape index (κ3) is 3.51. The van der Waals surface area contributed by atoms with Gasteiger partial charge in [0.15, 0.2) is 0 Å². The average molecular weight is 306 g/mol. The van der Waals surface area contributed by atoms with Gasteiger partial charge in [-0.25, -0.2) is 4.98 Å². The standard InChI is InChI=1S/C15H22N4OS/c1-11(19-6-3-2-4-7-19)9-16-10-13-17-12-5-8-21-14(12)15(20)18-13/h5,8,11,16H,2-4,6-7,9-10H2,1H3,(H,17,18,20). The molecule has 3 rings (SSSR count). The Kier molecular flexibility index (Phi) is 4.67. The van der Waals surface area contributed by atoms with E-state index in [1.54, 1.807) is 0 Å². The number of aromatic nitrogens is 2. The summed E-state index contributed by atoms with van der Waals surface area (Å²) < 4.78 is 0.709. The monoisotopic (exact) mass is 306 g/mol. The fourth-order valence-electron chi connectivity index (χ4n) is 2.89. The van der Waals surface area contributed by atoms with Crippen LogP contribution in [-0.4, -0.2) is 40.5 Å². The van der Waals surface area contributed by atoms with Crippen molar-refractivity contribution in [2.45, 2.75) is 38.8 Å². The second kappa shape index (κ2) is 6.68. The first-order chi connectivity index (χ1) is 10.2. The van der Waals surface area contributed by atoms with E-state index in [1.807, 2.05) is 11.4 Å². The number of thiophene rings is 1. The van der Waals surface area contributed by atoms with E-state index >= 15 is 0 Å². The fourth-order valence-corrected chi connectivity index (χ4v) is 3.62. The molecule has 21 heavy (non-hydrogen) atoms. The maximum Gasteiger partial charge on any atom is 0.268 e. The van der Waals surface area contributed by atoms with E-state index in [-0.39, 0.29) is 5.56 Å². The van der Waals surface area contributed by atoms with E-state index in [2.05, 4.69) is 27.1 Å². The summed E-state index contributed by atoms with van der Waals surface area (Å²) in [4.78, 5) is 21.8. The summed E-state index contributed by atoms with van der Waals surface area (Å²) in [5.74, 6) is 0.719. The number of nitrogens with one attached hydrogen (secondary N) is 2. The zero-order valence-corrected chi connectivity index (χ0v) is 13.2. The van der Waals surface area contributed by atoms with Crippen LogP contribution < -0.4 is 10.9 Å². The molecule has 1 saturated heterocycles. The Morgan fingerprint density at radius 2 is 2.24 bits per heavy atom. The van der Waals surface area contributed by atoms with Crippen molar-refractivity contribution in [2.24, 2.45) is 0 Å². The van der Waals surface area contributed by atoms with Crippen molar-refractivity contribution in [3.05, 3.63) is 27.6 Å². The zero-order chi connectivity index (χ0) is 14.7. The second-order valence-corrected chi connectivity index (χ2v) is 6.64. The summed E-state index contributed by atoms with van der Waals surface area (Å²) in [5.41, 5.74) is 0.764. The Bertz CT molecular complexity index is 644. The molecule has 2 aromatic heterocycles. The highest BCUT2D eigenvalue weighted by Crippen LogP contribution is 2.14. The molecule has 0 saturated carbocycles. The van der Waals surface area contributed by atoms with Crippen LogP contribution >= 0.6 is 11.3 Å². The Labute approximate surface area is 128 Å². The van der Waals surface area contributed by atoms with Gasteiger partial charge < -0.3 is 10.3 Å². The lowest BCUT2D eigenvalue weighted by Crippen LogP contribution is -2.43. The van der Waals surface area contributed by atoms with E-state index in [4.69, 9.17) is 0 Å². The van der Waals surface area contributed by atoms with Gasteiger partial charge in [-0.3, -0.25) is 9.69 Å². The molecule has 3 heterocycles. The maximum absolute atomic E-state index is 11.9. The summed E-state index contributed by atoms with van der Waals surface area (Å²) in [7, 11) is 0. The van der Waals surface area contributed by atoms with E-state index < -0.39 is 0 Å². The highest BCUT2D eigenvalue weighted by molar-refractivity contribution is 7.17. The van der Waals surface area contributed by atoms with Crippen molar-refractivity contribution in [3.63, 3.8) is 0 Å². The fraction of sp³-hybridized carbons (Fsp3) is 0.600. The smallest absolute Gasteiger partial charge is 0.268 e. The van der Waals surface area contributed by atoms with Crippen LogP contribution in [-0.2, 0) is 6.54 Å². The lowest BCUT2D eigenvalue weighted by molar-refractivity contribution is 0.170. The van der Waals surface area contributed by atoms with Gasteiger partial charge in [-0.05, 0) is 44.3 Å². The SMILES string of the molecule is CC(CNCc1nc2ccsc2c(=O)[nH]1)N1CCCCC1. The van der Waals surface area contributed by atoms with Gasteiger partial charge in [0.2, 0.25) is 0 Å². The number of hydrogen-bond donors (Lipinski definition) is 2. The molecule has 1 unspecified atom stereocenters. The summed E-state index contributed by atoms with van der Waals surface area (Å²) in [6.07, 6.45) is 3.99. The van der Waals surface area contributed by atoms with Gasteiger partial charge in [0.25, 0.3) is 5.56 Å². The molecule has 114 valence electrons. The molecule has 2 aromatic rings. The lowest BCUT2D eigenvalue weighted by Gasteiger charge is -2.32. The molecule has 1 atom stereocenters. The Morgan fingerprint density at radius 3 is 3.05 bits per heavy atom. The largest absolute Gasteiger partial charge is 0.308 e. The quantitative estimate of drug-likeness (QED) is 0.886. The normalized spacial score (nSPS) is 18.1. The predicted octanol–water partition coefficient (Wildman–Crippen LogP) is 1.95. The Balaban J connectivity index is 1.55. The van der Waals surface area contributed by atoms with Crippen LogP contribution in [0.3, 0.4) is 0 Å². The minimum atomic E-state index is -0.0316. The topological polar surface area (TPSA) is 61.0 Å². The van der Waals surface area contributed by atoms with Crippen molar-refractivity contribution in [2.75, 3.05) is 19.6 Å². The number of fused-ring (bicyclic) bond motifs is 1. The van der Waals surface area contributed by atoms with Crippen molar-refractivity contribution in [1.82, 2.24) is 20.2 Å². The van der Waals surface area contributed by atoms with Crippen LogP contribution in [0.2, 0.25) is 0 Å². The number of likely N-dealkylation sites (tertiary alicyclic amines) is 1. The van der Waals surface area contributed by atoms with Crippen LogP contribution in [0.25, 0.3) is 10.2 Å². The maximum atomic E-state index is 11.9. The minimum Gasteiger partial charge on any atom is -0.308 e. The van der Waals surface area contributed by atoms with Crippen LogP contribution in [0.4, 0.5) is 0 Å². The number of nitrogens with zero attached hydrogens (tertiary/aromatic N) is 2. The summed E-state index contributed by atoms with van der Waals surface area (Å²) >= 11 is 1.44. The molecular weight excluding hydrogens is 284 g/mol. The Morgan fingerprint density at radius 1 is 1.43 bits per heavy atom. The molecule has 0 bridgehead atoms. The van der Waals surface area contributed by atoms with Crippen LogP contribution in [0, 0.1) is 0 Å². The molecule has 0 spiro atoms. The molecule has 6 heteroatoms. The number of hydrogen-bond acceptors (Lipinski definition) is 5. The summed E-state index contributed by atoms with van der Waals surface area (Å²) in [6.45, 7) is 6.21. The van der Waals surface area contributed by atoms with Crippen molar-refractivity contribution in [3.8, 4) is 0 Å². The molecule has 5 nitrogen and oxygen atoms in total. The Hall–Kier alpha value is -1.24. The number of piperidine rings is 1. The first kappa shape index (κ1) is 14.7. The molecule has 1 aliphatic heterocycles. The number of rotatable bonds is 5. The van der Waals surface area contributed by atoms with Crippen LogP contribution in [0.5, 0.6) is 0 Å². The van der Waals surface area contributed by atoms with Gasteiger partial charge in [0.1, 0.15) is 10.5 Å². The molecule has 1 aliphatic rings. The van der Waals surface area contributed by atoms with E-state index in [0.717, 1.165) is 17.9 Å². The van der Waals surface area contributed by atoms with Gasteiger partial charge in [0.05, 0.1) is 12.1 Å². The molecule has 0 aromatic carbocycles. The lowest BCUT2D eigenvalue weighted by atomic mass is 10.1. The molecule has 2 N–H and O–H groups in total. The third-order valence-corrected chi connectivity index (χ3v) is 5.01. The molecule has 0 radical (unpaired) electrons.